The first kappa shape index (κ1) is 23.4. The number of hydrogen-bond acceptors (Lipinski definition) is 4. The molecule has 174 valence electrons. The number of amides is 2. The van der Waals surface area contributed by atoms with E-state index in [0.29, 0.717) is 22.7 Å². The normalized spacial score (nSPS) is 10.9. The summed E-state index contributed by atoms with van der Waals surface area (Å²) in [6, 6.07) is 33.7. The third kappa shape index (κ3) is 6.65. The second-order valence-corrected chi connectivity index (χ2v) is 7.81. The molecule has 4 aromatic carbocycles. The molecule has 0 fully saturated rings. The number of ether oxygens (including phenoxy) is 1. The lowest BCUT2D eigenvalue weighted by atomic mass is 10.0. The molecule has 6 heteroatoms. The first-order chi connectivity index (χ1) is 17.1. The van der Waals surface area contributed by atoms with Gasteiger partial charge in [0.25, 0.3) is 11.8 Å². The standard InChI is InChI=1S/C29H25N3O3/c1-21(31-32-29(34)24-17-15-23(16-18-24)22-9-4-2-5-10-22)25-11-8-12-26(19-25)30-28(33)20-35-27-13-6-3-7-14-27/h2-19H,20H2,1H3,(H,30,33)(H,32,34)/b31-21+. The van der Waals surface area contributed by atoms with Crippen LogP contribution in [0.3, 0.4) is 0 Å². The van der Waals surface area contributed by atoms with Gasteiger partial charge in [0.15, 0.2) is 6.61 Å². The smallest absolute Gasteiger partial charge is 0.271 e. The summed E-state index contributed by atoms with van der Waals surface area (Å²) < 4.78 is 5.47. The molecule has 35 heavy (non-hydrogen) atoms. The van der Waals surface area contributed by atoms with Gasteiger partial charge >= 0.3 is 0 Å². The van der Waals surface area contributed by atoms with Crippen molar-refractivity contribution in [2.45, 2.75) is 6.92 Å². The topological polar surface area (TPSA) is 79.8 Å². The summed E-state index contributed by atoms with van der Waals surface area (Å²) in [5, 5.41) is 7.04. The molecule has 0 unspecified atom stereocenters. The highest BCUT2D eigenvalue weighted by atomic mass is 16.5. The number of rotatable bonds is 8. The number of anilines is 1. The van der Waals surface area contributed by atoms with Crippen LogP contribution >= 0.6 is 0 Å². The molecule has 0 heterocycles. The van der Waals surface area contributed by atoms with E-state index in [1.165, 1.54) is 0 Å². The van der Waals surface area contributed by atoms with Crippen LogP contribution in [0.5, 0.6) is 5.75 Å². The molecule has 0 atom stereocenters. The first-order valence-electron chi connectivity index (χ1n) is 11.2. The Labute approximate surface area is 204 Å². The molecule has 0 spiro atoms. The Morgan fingerprint density at radius 1 is 0.743 bits per heavy atom. The Kier molecular flexibility index (Phi) is 7.66. The lowest BCUT2D eigenvalue weighted by molar-refractivity contribution is -0.118. The zero-order valence-electron chi connectivity index (χ0n) is 19.3. The number of hydrazone groups is 1. The Bertz CT molecular complexity index is 1320. The Morgan fingerprint density at radius 2 is 1.40 bits per heavy atom. The minimum atomic E-state index is -0.300. The number of para-hydroxylation sites is 1. The lowest BCUT2D eigenvalue weighted by Gasteiger charge is -2.09. The SMILES string of the molecule is C/C(=N\NC(=O)c1ccc(-c2ccccc2)cc1)c1cccc(NC(=O)COc2ccccc2)c1. The largest absolute Gasteiger partial charge is 0.484 e. The second-order valence-electron chi connectivity index (χ2n) is 7.81. The molecular formula is C29H25N3O3. The van der Waals surface area contributed by atoms with Crippen molar-refractivity contribution in [1.82, 2.24) is 5.43 Å². The van der Waals surface area contributed by atoms with Gasteiger partial charge in [0.1, 0.15) is 5.75 Å². The summed E-state index contributed by atoms with van der Waals surface area (Å²) in [4.78, 5) is 24.8. The van der Waals surface area contributed by atoms with Gasteiger partial charge in [-0.25, -0.2) is 5.43 Å². The highest BCUT2D eigenvalue weighted by molar-refractivity contribution is 6.02. The zero-order valence-corrected chi connectivity index (χ0v) is 19.3. The van der Waals surface area contributed by atoms with E-state index in [2.05, 4.69) is 15.8 Å². The quantitative estimate of drug-likeness (QED) is 0.267. The van der Waals surface area contributed by atoms with Crippen LogP contribution in [0.15, 0.2) is 114 Å². The fourth-order valence-electron chi connectivity index (χ4n) is 3.39. The summed E-state index contributed by atoms with van der Waals surface area (Å²) in [6.45, 7) is 1.69. The van der Waals surface area contributed by atoms with Gasteiger partial charge in [0.05, 0.1) is 5.71 Å². The summed E-state index contributed by atoms with van der Waals surface area (Å²) in [5.41, 5.74) is 7.23. The van der Waals surface area contributed by atoms with E-state index < -0.39 is 0 Å². The van der Waals surface area contributed by atoms with Crippen LogP contribution in [-0.2, 0) is 4.79 Å². The molecule has 4 aromatic rings. The molecule has 0 bridgehead atoms. The number of carbonyl (C=O) groups excluding carboxylic acids is 2. The summed E-state index contributed by atoms with van der Waals surface area (Å²) in [7, 11) is 0. The number of benzene rings is 4. The van der Waals surface area contributed by atoms with Gasteiger partial charge in [0.2, 0.25) is 0 Å². The van der Waals surface area contributed by atoms with E-state index in [1.54, 1.807) is 43.3 Å². The summed E-state index contributed by atoms with van der Waals surface area (Å²) in [5.74, 6) is 0.0594. The fraction of sp³-hybridized carbons (Fsp3) is 0.0690. The molecule has 2 N–H and O–H groups in total. The predicted octanol–water partition coefficient (Wildman–Crippen LogP) is 5.53. The van der Waals surface area contributed by atoms with Gasteiger partial charge in [-0.2, -0.15) is 5.10 Å². The third-order valence-corrected chi connectivity index (χ3v) is 5.26. The van der Waals surface area contributed by atoms with Crippen molar-refractivity contribution in [2.75, 3.05) is 11.9 Å². The summed E-state index contributed by atoms with van der Waals surface area (Å²) in [6.07, 6.45) is 0. The molecule has 0 aliphatic heterocycles. The van der Waals surface area contributed by atoms with Crippen molar-refractivity contribution in [2.24, 2.45) is 5.10 Å². The van der Waals surface area contributed by atoms with Crippen LogP contribution in [0.4, 0.5) is 5.69 Å². The van der Waals surface area contributed by atoms with Gasteiger partial charge in [-0.3, -0.25) is 9.59 Å². The molecule has 0 saturated carbocycles. The predicted molar refractivity (Wildman–Crippen MR) is 139 cm³/mol. The van der Waals surface area contributed by atoms with Crippen molar-refractivity contribution in [3.8, 4) is 16.9 Å². The van der Waals surface area contributed by atoms with E-state index in [9.17, 15) is 9.59 Å². The van der Waals surface area contributed by atoms with E-state index in [1.807, 2.05) is 72.8 Å². The molecular weight excluding hydrogens is 438 g/mol. The highest BCUT2D eigenvalue weighted by Gasteiger charge is 2.08. The van der Waals surface area contributed by atoms with Gasteiger partial charge in [-0.05, 0) is 60.0 Å². The fourth-order valence-corrected chi connectivity index (χ4v) is 3.39. The zero-order chi connectivity index (χ0) is 24.5. The maximum atomic E-state index is 12.5. The molecule has 6 nitrogen and oxygen atoms in total. The number of carbonyl (C=O) groups is 2. The Hall–Kier alpha value is -4.71. The Balaban J connectivity index is 1.34. The minimum Gasteiger partial charge on any atom is -0.484 e. The molecule has 0 aromatic heterocycles. The van der Waals surface area contributed by atoms with Crippen LogP contribution in [-0.4, -0.2) is 24.1 Å². The number of hydrogen-bond donors (Lipinski definition) is 2. The molecule has 0 aliphatic rings. The molecule has 2 amide bonds. The van der Waals surface area contributed by atoms with Gasteiger partial charge < -0.3 is 10.1 Å². The second kappa shape index (κ2) is 11.4. The van der Waals surface area contributed by atoms with Crippen LogP contribution in [0.2, 0.25) is 0 Å². The number of nitrogens with one attached hydrogen (secondary N) is 2. The van der Waals surface area contributed by atoms with Crippen molar-refractivity contribution in [3.63, 3.8) is 0 Å². The van der Waals surface area contributed by atoms with Gasteiger partial charge in [-0.1, -0.05) is 72.8 Å². The maximum absolute atomic E-state index is 12.5. The van der Waals surface area contributed by atoms with Gasteiger partial charge in [-0.15, -0.1) is 0 Å². The van der Waals surface area contributed by atoms with Crippen molar-refractivity contribution in [1.29, 1.82) is 0 Å². The highest BCUT2D eigenvalue weighted by Crippen LogP contribution is 2.19. The van der Waals surface area contributed by atoms with E-state index in [4.69, 9.17) is 4.74 Å². The lowest BCUT2D eigenvalue weighted by Crippen LogP contribution is -2.20. The van der Waals surface area contributed by atoms with Crippen molar-refractivity contribution >= 4 is 23.2 Å². The van der Waals surface area contributed by atoms with Crippen molar-refractivity contribution in [3.05, 3.63) is 120 Å². The molecule has 0 radical (unpaired) electrons. The van der Waals surface area contributed by atoms with Crippen LogP contribution in [0, 0.1) is 0 Å². The first-order valence-corrected chi connectivity index (χ1v) is 11.2. The number of nitrogens with zero attached hydrogens (tertiary/aromatic N) is 1. The monoisotopic (exact) mass is 463 g/mol. The van der Waals surface area contributed by atoms with E-state index >= 15 is 0 Å². The minimum absolute atomic E-state index is 0.0968. The van der Waals surface area contributed by atoms with Crippen molar-refractivity contribution < 1.29 is 14.3 Å². The average molecular weight is 464 g/mol. The Morgan fingerprint density at radius 3 is 2.11 bits per heavy atom. The maximum Gasteiger partial charge on any atom is 0.271 e. The van der Waals surface area contributed by atoms with Crippen LogP contribution in [0.1, 0.15) is 22.8 Å². The molecule has 0 saturated heterocycles. The third-order valence-electron chi connectivity index (χ3n) is 5.26. The van der Waals surface area contributed by atoms with E-state index in [-0.39, 0.29) is 18.4 Å². The molecule has 0 aliphatic carbocycles. The van der Waals surface area contributed by atoms with Crippen LogP contribution < -0.4 is 15.5 Å². The van der Waals surface area contributed by atoms with Gasteiger partial charge in [0, 0.05) is 11.3 Å². The average Bonchev–Trinajstić information content (AvgIpc) is 2.91. The van der Waals surface area contributed by atoms with Crippen LogP contribution in [0.25, 0.3) is 11.1 Å². The summed E-state index contributed by atoms with van der Waals surface area (Å²) >= 11 is 0. The van der Waals surface area contributed by atoms with E-state index in [0.717, 1.165) is 16.7 Å². The molecule has 4 rings (SSSR count).